The molecule has 0 heteroatoms. The van der Waals surface area contributed by atoms with Crippen LogP contribution in [0.25, 0.3) is 44.5 Å². The molecule has 0 aliphatic carbocycles. The minimum absolute atomic E-state index is 1.19. The molecule has 5 rings (SSSR count). The van der Waals surface area contributed by atoms with Crippen LogP contribution in [0.4, 0.5) is 0 Å². The minimum Gasteiger partial charge on any atom is -0.0622 e. The molecule has 0 spiro atoms. The zero-order valence-electron chi connectivity index (χ0n) is 13.2. The Kier molecular flexibility index (Phi) is 2.89. The predicted octanol–water partition coefficient (Wildman–Crippen LogP) is 6.55. The Morgan fingerprint density at radius 1 is 0.667 bits per heavy atom. The number of hydrogen-bond acceptors (Lipinski definition) is 0. The van der Waals surface area contributed by atoms with Crippen molar-refractivity contribution in [2.75, 3.05) is 0 Å². The van der Waals surface area contributed by atoms with Crippen molar-refractivity contribution in [3.8, 4) is 0 Å². The summed E-state index contributed by atoms with van der Waals surface area (Å²) in [6.07, 6.45) is 4.40. The number of rotatable bonds is 2. The largest absolute Gasteiger partial charge is 0.0622 e. The SMILES string of the molecule is [c]1ccc2c(/C=C/c3ccccc3)cc3cccc4ccc1c2c43. The van der Waals surface area contributed by atoms with E-state index in [1.807, 2.05) is 12.1 Å². The van der Waals surface area contributed by atoms with Crippen LogP contribution in [0.15, 0.2) is 78.9 Å². The van der Waals surface area contributed by atoms with E-state index in [4.69, 9.17) is 0 Å². The Bertz CT molecular complexity index is 1180. The molecule has 0 heterocycles. The minimum atomic E-state index is 1.19. The van der Waals surface area contributed by atoms with E-state index in [2.05, 4.69) is 84.9 Å². The highest BCUT2D eigenvalue weighted by Gasteiger charge is 2.10. The summed E-state index contributed by atoms with van der Waals surface area (Å²) in [6.45, 7) is 0. The Morgan fingerprint density at radius 3 is 2.46 bits per heavy atom. The van der Waals surface area contributed by atoms with Crippen LogP contribution in [0.3, 0.4) is 0 Å². The summed E-state index contributed by atoms with van der Waals surface area (Å²) in [5.41, 5.74) is 2.47. The van der Waals surface area contributed by atoms with Crippen molar-refractivity contribution in [2.24, 2.45) is 0 Å². The molecule has 111 valence electrons. The molecule has 24 heavy (non-hydrogen) atoms. The van der Waals surface area contributed by atoms with Crippen molar-refractivity contribution < 1.29 is 0 Å². The van der Waals surface area contributed by atoms with Crippen molar-refractivity contribution in [3.05, 3.63) is 96.1 Å². The smallest absolute Gasteiger partial charge is 0.00145 e. The Hall–Kier alpha value is -3.12. The van der Waals surface area contributed by atoms with Crippen LogP contribution in [-0.2, 0) is 0 Å². The molecule has 0 aliphatic rings. The van der Waals surface area contributed by atoms with Gasteiger partial charge in [0.05, 0.1) is 0 Å². The molecule has 0 aliphatic heterocycles. The fourth-order valence-electron chi connectivity index (χ4n) is 3.60. The molecule has 0 amide bonds. The number of benzene rings is 5. The van der Waals surface area contributed by atoms with Crippen LogP contribution in [0.2, 0.25) is 0 Å². The highest BCUT2D eigenvalue weighted by molar-refractivity contribution is 6.24. The molecular weight excluding hydrogens is 288 g/mol. The van der Waals surface area contributed by atoms with Crippen LogP contribution in [0, 0.1) is 6.07 Å². The molecule has 0 N–H and O–H groups in total. The van der Waals surface area contributed by atoms with Gasteiger partial charge < -0.3 is 0 Å². The molecule has 0 nitrogen and oxygen atoms in total. The van der Waals surface area contributed by atoms with Crippen molar-refractivity contribution in [1.82, 2.24) is 0 Å². The van der Waals surface area contributed by atoms with E-state index in [0.717, 1.165) is 0 Å². The quantitative estimate of drug-likeness (QED) is 0.256. The summed E-state index contributed by atoms with van der Waals surface area (Å²) >= 11 is 0. The lowest BCUT2D eigenvalue weighted by Gasteiger charge is -2.12. The first kappa shape index (κ1) is 13.3. The lowest BCUT2D eigenvalue weighted by Crippen LogP contribution is -1.86. The summed E-state index contributed by atoms with van der Waals surface area (Å²) in [7, 11) is 0. The highest BCUT2D eigenvalue weighted by atomic mass is 14.1. The normalized spacial score (nSPS) is 12.0. The molecule has 0 saturated heterocycles. The fraction of sp³-hybridized carbons (Fsp3) is 0. The van der Waals surface area contributed by atoms with Gasteiger partial charge in [0.25, 0.3) is 0 Å². The van der Waals surface area contributed by atoms with Crippen LogP contribution in [0.5, 0.6) is 0 Å². The average Bonchev–Trinajstić information content (AvgIpc) is 2.65. The first-order chi connectivity index (χ1) is 11.9. The third kappa shape index (κ3) is 2.00. The van der Waals surface area contributed by atoms with Gasteiger partial charge in [0, 0.05) is 0 Å². The van der Waals surface area contributed by atoms with Crippen molar-refractivity contribution in [2.45, 2.75) is 0 Å². The fourth-order valence-corrected chi connectivity index (χ4v) is 3.60. The van der Waals surface area contributed by atoms with Crippen LogP contribution >= 0.6 is 0 Å². The van der Waals surface area contributed by atoms with Gasteiger partial charge in [-0.2, -0.15) is 0 Å². The summed E-state index contributed by atoms with van der Waals surface area (Å²) < 4.78 is 0. The first-order valence-corrected chi connectivity index (χ1v) is 8.21. The van der Waals surface area contributed by atoms with Gasteiger partial charge in [0.1, 0.15) is 0 Å². The van der Waals surface area contributed by atoms with Gasteiger partial charge in [0.2, 0.25) is 0 Å². The predicted molar refractivity (Wildman–Crippen MR) is 104 cm³/mol. The van der Waals surface area contributed by atoms with E-state index >= 15 is 0 Å². The van der Waals surface area contributed by atoms with Crippen LogP contribution in [0.1, 0.15) is 11.1 Å². The highest BCUT2D eigenvalue weighted by Crippen LogP contribution is 2.36. The van der Waals surface area contributed by atoms with Gasteiger partial charge in [-0.25, -0.2) is 0 Å². The molecule has 1 radical (unpaired) electrons. The molecule has 0 unspecified atom stereocenters. The second kappa shape index (κ2) is 5.21. The van der Waals surface area contributed by atoms with E-state index in [1.54, 1.807) is 0 Å². The van der Waals surface area contributed by atoms with Gasteiger partial charge in [0.15, 0.2) is 0 Å². The molecule has 5 aromatic carbocycles. The molecule has 0 bridgehead atoms. The zero-order chi connectivity index (χ0) is 15.9. The van der Waals surface area contributed by atoms with Gasteiger partial charge in [-0.05, 0) is 55.6 Å². The van der Waals surface area contributed by atoms with Gasteiger partial charge in [-0.1, -0.05) is 84.9 Å². The zero-order valence-corrected chi connectivity index (χ0v) is 13.2. The summed E-state index contributed by atoms with van der Waals surface area (Å²) in [5.74, 6) is 0. The maximum atomic E-state index is 3.39. The lowest BCUT2D eigenvalue weighted by molar-refractivity contribution is 1.66. The molecule has 0 fully saturated rings. The lowest BCUT2D eigenvalue weighted by atomic mass is 9.91. The maximum absolute atomic E-state index is 3.39. The third-order valence-electron chi connectivity index (χ3n) is 4.71. The second-order valence-electron chi connectivity index (χ2n) is 6.17. The van der Waals surface area contributed by atoms with E-state index in [0.29, 0.717) is 0 Å². The Labute approximate surface area is 141 Å². The average molecular weight is 303 g/mol. The summed E-state index contributed by atoms with van der Waals surface area (Å²) in [4.78, 5) is 0. The topological polar surface area (TPSA) is 0 Å². The van der Waals surface area contributed by atoms with Crippen LogP contribution in [-0.4, -0.2) is 0 Å². The van der Waals surface area contributed by atoms with Crippen LogP contribution < -0.4 is 0 Å². The summed E-state index contributed by atoms with van der Waals surface area (Å²) in [5, 5.41) is 7.73. The molecular formula is C24H15. The van der Waals surface area contributed by atoms with E-state index < -0.39 is 0 Å². The van der Waals surface area contributed by atoms with Crippen molar-refractivity contribution in [3.63, 3.8) is 0 Å². The molecule has 0 aromatic heterocycles. The van der Waals surface area contributed by atoms with Gasteiger partial charge >= 0.3 is 0 Å². The first-order valence-electron chi connectivity index (χ1n) is 8.21. The molecule has 0 atom stereocenters. The summed E-state index contributed by atoms with van der Waals surface area (Å²) in [6, 6.07) is 31.2. The monoisotopic (exact) mass is 303 g/mol. The Balaban J connectivity index is 1.84. The van der Waals surface area contributed by atoms with Crippen molar-refractivity contribution in [1.29, 1.82) is 0 Å². The van der Waals surface area contributed by atoms with Gasteiger partial charge in [-0.15, -0.1) is 0 Å². The molecule has 0 saturated carbocycles. The Morgan fingerprint density at radius 2 is 1.54 bits per heavy atom. The number of hydrogen-bond donors (Lipinski definition) is 0. The maximum Gasteiger partial charge on any atom is -0.00145 e. The van der Waals surface area contributed by atoms with E-state index in [-0.39, 0.29) is 0 Å². The van der Waals surface area contributed by atoms with E-state index in [9.17, 15) is 0 Å². The van der Waals surface area contributed by atoms with Gasteiger partial charge in [-0.3, -0.25) is 0 Å². The molecule has 5 aromatic rings. The second-order valence-corrected chi connectivity index (χ2v) is 6.17. The standard InChI is InChI=1S/C24H15/c1-2-6-17(7-3-1)12-13-20-16-21-10-4-8-18-14-15-19-9-5-11-22(20)24(19)23(18)21/h1-8,10-16H/b13-12+. The van der Waals surface area contributed by atoms with Crippen molar-refractivity contribution >= 4 is 44.5 Å². The third-order valence-corrected chi connectivity index (χ3v) is 4.71. The van der Waals surface area contributed by atoms with E-state index in [1.165, 1.54) is 43.4 Å².